The number of hydrogen-bond donors (Lipinski definition) is 1. The van der Waals surface area contributed by atoms with E-state index in [1.54, 1.807) is 0 Å². The molecule has 0 saturated carbocycles. The van der Waals surface area contributed by atoms with Crippen molar-refractivity contribution >= 4 is 0 Å². The van der Waals surface area contributed by atoms with E-state index in [2.05, 4.69) is 24.2 Å². The van der Waals surface area contributed by atoms with Crippen LogP contribution in [-0.4, -0.2) is 14.9 Å². The number of nitrogens with zero attached hydrogens (tertiary/aromatic N) is 2. The maximum atomic E-state index is 10.5. The molecular formula is C18H18N2O. The van der Waals surface area contributed by atoms with Crippen molar-refractivity contribution < 1.29 is 5.11 Å². The monoisotopic (exact) mass is 278 g/mol. The fourth-order valence-electron chi connectivity index (χ4n) is 2.45. The highest BCUT2D eigenvalue weighted by Crippen LogP contribution is 2.33. The zero-order valence-electron chi connectivity index (χ0n) is 12.2. The molecule has 0 atom stereocenters. The second-order valence-electron chi connectivity index (χ2n) is 5.11. The molecule has 1 aromatic heterocycles. The van der Waals surface area contributed by atoms with Gasteiger partial charge < -0.3 is 5.11 Å². The van der Waals surface area contributed by atoms with Gasteiger partial charge in [-0.1, -0.05) is 55.0 Å². The van der Waals surface area contributed by atoms with Crippen molar-refractivity contribution in [3.8, 4) is 22.7 Å². The summed E-state index contributed by atoms with van der Waals surface area (Å²) in [6, 6.07) is 17.9. The summed E-state index contributed by atoms with van der Waals surface area (Å²) in [5, 5.41) is 15.1. The van der Waals surface area contributed by atoms with Crippen LogP contribution in [0.5, 0.6) is 5.75 Å². The first-order valence-corrected chi connectivity index (χ1v) is 7.14. The molecule has 1 N–H and O–H groups in total. The van der Waals surface area contributed by atoms with Crippen LogP contribution in [0.1, 0.15) is 18.2 Å². The molecule has 0 bridgehead atoms. The smallest absolute Gasteiger partial charge is 0.165 e. The maximum Gasteiger partial charge on any atom is 0.165 e. The molecule has 0 aliphatic rings. The van der Waals surface area contributed by atoms with E-state index < -0.39 is 0 Å². The minimum absolute atomic E-state index is 0.268. The standard InChI is InChI=1S/C18H18N2O/c1-3-16-18(21)17(14-7-5-4-6-8-14)19-20(16)15-11-9-13(2)10-12-15/h4-12,21H,3H2,1-2H3. The predicted molar refractivity (Wildman–Crippen MR) is 84.8 cm³/mol. The van der Waals surface area contributed by atoms with Crippen LogP contribution in [-0.2, 0) is 6.42 Å². The van der Waals surface area contributed by atoms with Crippen LogP contribution in [0, 0.1) is 6.92 Å². The Morgan fingerprint density at radius 1 is 1.00 bits per heavy atom. The van der Waals surface area contributed by atoms with Gasteiger partial charge in [0.15, 0.2) is 5.75 Å². The lowest BCUT2D eigenvalue weighted by Gasteiger charge is -2.05. The van der Waals surface area contributed by atoms with E-state index in [0.717, 1.165) is 23.4 Å². The second kappa shape index (κ2) is 5.44. The van der Waals surface area contributed by atoms with Gasteiger partial charge >= 0.3 is 0 Å². The summed E-state index contributed by atoms with van der Waals surface area (Å²) in [6.45, 7) is 4.08. The Morgan fingerprint density at radius 3 is 2.29 bits per heavy atom. The third kappa shape index (κ3) is 2.42. The zero-order valence-corrected chi connectivity index (χ0v) is 12.2. The van der Waals surface area contributed by atoms with Crippen molar-refractivity contribution in [1.82, 2.24) is 9.78 Å². The summed E-state index contributed by atoms with van der Waals surface area (Å²) >= 11 is 0. The second-order valence-corrected chi connectivity index (χ2v) is 5.11. The summed E-state index contributed by atoms with van der Waals surface area (Å²) in [4.78, 5) is 0. The molecule has 0 fully saturated rings. The lowest BCUT2D eigenvalue weighted by Crippen LogP contribution is -2.01. The van der Waals surface area contributed by atoms with Gasteiger partial charge in [-0.3, -0.25) is 0 Å². The average molecular weight is 278 g/mol. The van der Waals surface area contributed by atoms with Gasteiger partial charge in [0.1, 0.15) is 5.69 Å². The maximum absolute atomic E-state index is 10.5. The topological polar surface area (TPSA) is 38.1 Å². The molecule has 0 radical (unpaired) electrons. The van der Waals surface area contributed by atoms with Crippen LogP contribution in [0.3, 0.4) is 0 Å². The molecule has 0 aliphatic heterocycles. The SMILES string of the molecule is CCc1c(O)c(-c2ccccc2)nn1-c1ccc(C)cc1. The van der Waals surface area contributed by atoms with Gasteiger partial charge in [0.2, 0.25) is 0 Å². The fourth-order valence-corrected chi connectivity index (χ4v) is 2.45. The molecule has 0 spiro atoms. The van der Waals surface area contributed by atoms with Crippen LogP contribution in [0.4, 0.5) is 0 Å². The number of aryl methyl sites for hydroxylation is 1. The number of aromatic nitrogens is 2. The zero-order chi connectivity index (χ0) is 14.8. The summed E-state index contributed by atoms with van der Waals surface area (Å²) in [7, 11) is 0. The Balaban J connectivity index is 2.16. The molecule has 3 rings (SSSR count). The Hall–Kier alpha value is -2.55. The highest BCUT2D eigenvalue weighted by molar-refractivity contribution is 5.67. The lowest BCUT2D eigenvalue weighted by molar-refractivity contribution is 0.469. The quantitative estimate of drug-likeness (QED) is 0.782. The van der Waals surface area contributed by atoms with Gasteiger partial charge in [0, 0.05) is 5.56 Å². The van der Waals surface area contributed by atoms with Crippen molar-refractivity contribution in [1.29, 1.82) is 0 Å². The molecule has 21 heavy (non-hydrogen) atoms. The van der Waals surface area contributed by atoms with Gasteiger partial charge in [-0.25, -0.2) is 4.68 Å². The van der Waals surface area contributed by atoms with Gasteiger partial charge in [-0.2, -0.15) is 5.10 Å². The molecule has 106 valence electrons. The molecule has 3 nitrogen and oxygen atoms in total. The number of rotatable bonds is 3. The van der Waals surface area contributed by atoms with Crippen LogP contribution in [0.15, 0.2) is 54.6 Å². The number of hydrogen-bond acceptors (Lipinski definition) is 2. The van der Waals surface area contributed by atoms with Crippen molar-refractivity contribution in [3.05, 3.63) is 65.9 Å². The Labute approximate surface area is 124 Å². The van der Waals surface area contributed by atoms with Gasteiger partial charge in [-0.05, 0) is 25.5 Å². The van der Waals surface area contributed by atoms with E-state index in [9.17, 15) is 5.11 Å². The van der Waals surface area contributed by atoms with E-state index in [1.165, 1.54) is 5.56 Å². The third-order valence-electron chi connectivity index (χ3n) is 3.61. The first kappa shape index (κ1) is 13.4. The van der Waals surface area contributed by atoms with Crippen LogP contribution >= 0.6 is 0 Å². The Bertz CT molecular complexity index is 743. The van der Waals surface area contributed by atoms with Crippen molar-refractivity contribution in [3.63, 3.8) is 0 Å². The molecule has 3 aromatic rings. The van der Waals surface area contributed by atoms with E-state index in [4.69, 9.17) is 0 Å². The molecule has 0 amide bonds. The van der Waals surface area contributed by atoms with Crippen LogP contribution in [0.2, 0.25) is 0 Å². The highest BCUT2D eigenvalue weighted by atomic mass is 16.3. The Morgan fingerprint density at radius 2 is 1.67 bits per heavy atom. The normalized spacial score (nSPS) is 10.8. The van der Waals surface area contributed by atoms with Crippen LogP contribution < -0.4 is 0 Å². The van der Waals surface area contributed by atoms with Crippen molar-refractivity contribution in [2.24, 2.45) is 0 Å². The van der Waals surface area contributed by atoms with Crippen LogP contribution in [0.25, 0.3) is 16.9 Å². The van der Waals surface area contributed by atoms with E-state index in [1.807, 2.05) is 54.1 Å². The molecule has 0 saturated heterocycles. The third-order valence-corrected chi connectivity index (χ3v) is 3.61. The summed E-state index contributed by atoms with van der Waals surface area (Å²) < 4.78 is 1.83. The fraction of sp³-hybridized carbons (Fsp3) is 0.167. The summed E-state index contributed by atoms with van der Waals surface area (Å²) in [5.41, 5.74) is 4.56. The molecule has 0 unspecified atom stereocenters. The highest BCUT2D eigenvalue weighted by Gasteiger charge is 2.17. The molecule has 2 aromatic carbocycles. The molecule has 0 aliphatic carbocycles. The van der Waals surface area contributed by atoms with Gasteiger partial charge in [-0.15, -0.1) is 0 Å². The average Bonchev–Trinajstić information content (AvgIpc) is 2.85. The number of benzene rings is 2. The lowest BCUT2D eigenvalue weighted by atomic mass is 10.1. The van der Waals surface area contributed by atoms with Crippen molar-refractivity contribution in [2.75, 3.05) is 0 Å². The minimum atomic E-state index is 0.268. The minimum Gasteiger partial charge on any atom is -0.504 e. The van der Waals surface area contributed by atoms with Crippen molar-refractivity contribution in [2.45, 2.75) is 20.3 Å². The summed E-state index contributed by atoms with van der Waals surface area (Å²) in [6.07, 6.45) is 0.722. The van der Waals surface area contributed by atoms with E-state index >= 15 is 0 Å². The predicted octanol–water partition coefficient (Wildman–Crippen LogP) is 4.12. The number of aromatic hydroxyl groups is 1. The first-order valence-electron chi connectivity index (χ1n) is 7.14. The Kier molecular flexibility index (Phi) is 3.48. The molecule has 1 heterocycles. The van der Waals surface area contributed by atoms with E-state index in [0.29, 0.717) is 5.69 Å². The largest absolute Gasteiger partial charge is 0.504 e. The molecular weight excluding hydrogens is 260 g/mol. The van der Waals surface area contributed by atoms with Gasteiger partial charge in [0.05, 0.1) is 11.4 Å². The van der Waals surface area contributed by atoms with E-state index in [-0.39, 0.29) is 5.75 Å². The molecule has 3 heteroatoms. The van der Waals surface area contributed by atoms with Gasteiger partial charge in [0.25, 0.3) is 0 Å². The first-order chi connectivity index (χ1) is 10.2. The summed E-state index contributed by atoms with van der Waals surface area (Å²) in [5.74, 6) is 0.268.